The fourth-order valence-electron chi connectivity index (χ4n) is 3.05. The summed E-state index contributed by atoms with van der Waals surface area (Å²) in [5.41, 5.74) is 0.757. The molecule has 0 radical (unpaired) electrons. The van der Waals surface area contributed by atoms with Crippen LogP contribution in [-0.4, -0.2) is 48.6 Å². The average Bonchev–Trinajstić information content (AvgIpc) is 2.77. The summed E-state index contributed by atoms with van der Waals surface area (Å²) in [6, 6.07) is 13.4. The zero-order chi connectivity index (χ0) is 24.4. The molecule has 33 heavy (non-hydrogen) atoms. The van der Waals surface area contributed by atoms with Crippen molar-refractivity contribution >= 4 is 12.1 Å². The van der Waals surface area contributed by atoms with Crippen LogP contribution in [0.15, 0.2) is 48.5 Å². The SMILES string of the molecule is CCOc1ccc(CC(NC(=O)OC(C)(C)C)C(O)C(=O)OCc2ccccc2)cc1OC. The number of esters is 1. The number of nitrogens with one attached hydrogen (secondary N) is 1. The number of amides is 1. The number of carbonyl (C=O) groups excluding carboxylic acids is 2. The van der Waals surface area contributed by atoms with E-state index in [9.17, 15) is 14.7 Å². The van der Waals surface area contributed by atoms with E-state index in [-0.39, 0.29) is 13.0 Å². The molecule has 1 amide bonds. The minimum absolute atomic E-state index is 0.00671. The number of carbonyl (C=O) groups is 2. The van der Waals surface area contributed by atoms with Gasteiger partial charge in [-0.25, -0.2) is 9.59 Å². The third-order valence-electron chi connectivity index (χ3n) is 4.53. The number of aliphatic hydroxyl groups is 1. The largest absolute Gasteiger partial charge is 0.493 e. The molecule has 0 aliphatic heterocycles. The van der Waals surface area contributed by atoms with E-state index in [0.29, 0.717) is 23.7 Å². The lowest BCUT2D eigenvalue weighted by Crippen LogP contribution is -2.50. The number of rotatable bonds is 10. The molecule has 0 saturated heterocycles. The van der Waals surface area contributed by atoms with Gasteiger partial charge in [-0.3, -0.25) is 0 Å². The van der Waals surface area contributed by atoms with Gasteiger partial charge in [0.05, 0.1) is 19.8 Å². The summed E-state index contributed by atoms with van der Waals surface area (Å²) in [5, 5.41) is 13.3. The van der Waals surface area contributed by atoms with Crippen LogP contribution >= 0.6 is 0 Å². The number of hydrogen-bond acceptors (Lipinski definition) is 7. The highest BCUT2D eigenvalue weighted by Gasteiger charge is 2.31. The van der Waals surface area contributed by atoms with Crippen LogP contribution in [0.5, 0.6) is 11.5 Å². The quantitative estimate of drug-likeness (QED) is 0.523. The Hall–Kier alpha value is -3.26. The second kappa shape index (κ2) is 12.1. The number of ether oxygens (including phenoxy) is 4. The maximum Gasteiger partial charge on any atom is 0.407 e. The van der Waals surface area contributed by atoms with Crippen LogP contribution in [0.25, 0.3) is 0 Å². The minimum Gasteiger partial charge on any atom is -0.493 e. The van der Waals surface area contributed by atoms with E-state index in [2.05, 4.69) is 5.32 Å². The van der Waals surface area contributed by atoms with E-state index in [1.54, 1.807) is 39.0 Å². The molecule has 0 saturated carbocycles. The zero-order valence-corrected chi connectivity index (χ0v) is 19.8. The molecule has 180 valence electrons. The maximum absolute atomic E-state index is 12.6. The van der Waals surface area contributed by atoms with Crippen molar-refractivity contribution in [2.24, 2.45) is 0 Å². The highest BCUT2D eigenvalue weighted by Crippen LogP contribution is 2.28. The summed E-state index contributed by atoms with van der Waals surface area (Å²) in [5.74, 6) is 0.229. The van der Waals surface area contributed by atoms with Gasteiger partial charge in [-0.1, -0.05) is 36.4 Å². The number of aliphatic hydroxyl groups excluding tert-OH is 1. The lowest BCUT2D eigenvalue weighted by molar-refractivity contribution is -0.156. The summed E-state index contributed by atoms with van der Waals surface area (Å²) in [7, 11) is 1.52. The van der Waals surface area contributed by atoms with Crippen molar-refractivity contribution in [3.8, 4) is 11.5 Å². The third-order valence-corrected chi connectivity index (χ3v) is 4.53. The van der Waals surface area contributed by atoms with Crippen molar-refractivity contribution in [1.29, 1.82) is 0 Å². The van der Waals surface area contributed by atoms with Gasteiger partial charge in [-0.05, 0) is 57.4 Å². The van der Waals surface area contributed by atoms with Crippen molar-refractivity contribution in [1.82, 2.24) is 5.32 Å². The summed E-state index contributed by atoms with van der Waals surface area (Å²) < 4.78 is 21.5. The van der Waals surface area contributed by atoms with Gasteiger partial charge in [0.15, 0.2) is 17.6 Å². The molecule has 0 aromatic heterocycles. The van der Waals surface area contributed by atoms with E-state index in [0.717, 1.165) is 5.56 Å². The lowest BCUT2D eigenvalue weighted by atomic mass is 10.0. The molecule has 0 fully saturated rings. The first-order valence-corrected chi connectivity index (χ1v) is 10.8. The van der Waals surface area contributed by atoms with Crippen LogP contribution < -0.4 is 14.8 Å². The fourth-order valence-corrected chi connectivity index (χ4v) is 3.05. The Morgan fingerprint density at radius 3 is 2.33 bits per heavy atom. The van der Waals surface area contributed by atoms with Gasteiger partial charge in [-0.2, -0.15) is 0 Å². The van der Waals surface area contributed by atoms with E-state index in [1.807, 2.05) is 37.3 Å². The average molecular weight is 460 g/mol. The first-order valence-electron chi connectivity index (χ1n) is 10.8. The predicted octanol–water partition coefficient (Wildman–Crippen LogP) is 3.63. The molecular weight excluding hydrogens is 426 g/mol. The van der Waals surface area contributed by atoms with Crippen molar-refractivity contribution in [2.75, 3.05) is 13.7 Å². The summed E-state index contributed by atoms with van der Waals surface area (Å²) in [6.45, 7) is 7.53. The number of methoxy groups -OCH3 is 1. The molecule has 2 N–H and O–H groups in total. The van der Waals surface area contributed by atoms with E-state index >= 15 is 0 Å². The second-order valence-corrected chi connectivity index (χ2v) is 8.41. The van der Waals surface area contributed by atoms with E-state index in [4.69, 9.17) is 18.9 Å². The normalized spacial score (nSPS) is 12.9. The predicted molar refractivity (Wildman–Crippen MR) is 123 cm³/mol. The monoisotopic (exact) mass is 459 g/mol. The Labute approximate surface area is 194 Å². The Balaban J connectivity index is 2.17. The van der Waals surface area contributed by atoms with Gasteiger partial charge >= 0.3 is 12.1 Å². The summed E-state index contributed by atoms with van der Waals surface area (Å²) >= 11 is 0. The van der Waals surface area contributed by atoms with Gasteiger partial charge in [0.1, 0.15) is 12.2 Å². The molecule has 2 unspecified atom stereocenters. The molecule has 2 atom stereocenters. The Morgan fingerprint density at radius 2 is 1.73 bits per heavy atom. The highest BCUT2D eigenvalue weighted by atomic mass is 16.6. The molecule has 0 heterocycles. The van der Waals surface area contributed by atoms with Crippen molar-refractivity contribution in [2.45, 2.75) is 58.5 Å². The van der Waals surface area contributed by atoms with Crippen LogP contribution in [0.4, 0.5) is 4.79 Å². The number of benzene rings is 2. The molecule has 2 rings (SSSR count). The number of hydrogen-bond donors (Lipinski definition) is 2. The first kappa shape index (κ1) is 26.0. The van der Waals surface area contributed by atoms with Crippen LogP contribution in [0.1, 0.15) is 38.8 Å². The molecular formula is C25H33NO7. The molecule has 0 spiro atoms. The molecule has 0 bridgehead atoms. The molecule has 0 aliphatic carbocycles. The lowest BCUT2D eigenvalue weighted by Gasteiger charge is -2.26. The maximum atomic E-state index is 12.6. The highest BCUT2D eigenvalue weighted by molar-refractivity contribution is 5.77. The summed E-state index contributed by atoms with van der Waals surface area (Å²) in [4.78, 5) is 25.0. The van der Waals surface area contributed by atoms with Crippen molar-refractivity contribution < 1.29 is 33.6 Å². The second-order valence-electron chi connectivity index (χ2n) is 8.41. The Morgan fingerprint density at radius 1 is 1.03 bits per heavy atom. The Kier molecular flexibility index (Phi) is 9.54. The van der Waals surface area contributed by atoms with Gasteiger partial charge in [-0.15, -0.1) is 0 Å². The molecule has 2 aromatic carbocycles. The van der Waals surface area contributed by atoms with Crippen molar-refractivity contribution in [3.63, 3.8) is 0 Å². The van der Waals surface area contributed by atoms with E-state index < -0.39 is 29.8 Å². The zero-order valence-electron chi connectivity index (χ0n) is 19.8. The molecule has 2 aromatic rings. The van der Waals surface area contributed by atoms with Gasteiger partial charge in [0.2, 0.25) is 0 Å². The first-order chi connectivity index (χ1) is 15.6. The molecule has 8 nitrogen and oxygen atoms in total. The smallest absolute Gasteiger partial charge is 0.407 e. The molecule has 0 aliphatic rings. The van der Waals surface area contributed by atoms with Crippen LogP contribution in [0.3, 0.4) is 0 Å². The topological polar surface area (TPSA) is 103 Å². The Bertz CT molecular complexity index is 909. The summed E-state index contributed by atoms with van der Waals surface area (Å²) in [6.07, 6.45) is -2.23. The van der Waals surface area contributed by atoms with Crippen LogP contribution in [-0.2, 0) is 27.3 Å². The van der Waals surface area contributed by atoms with Gasteiger partial charge < -0.3 is 29.4 Å². The number of alkyl carbamates (subject to hydrolysis) is 1. The van der Waals surface area contributed by atoms with Crippen LogP contribution in [0, 0.1) is 0 Å². The fraction of sp³-hybridized carbons (Fsp3) is 0.440. The third kappa shape index (κ3) is 8.65. The van der Waals surface area contributed by atoms with Gasteiger partial charge in [0, 0.05) is 0 Å². The minimum atomic E-state index is -1.61. The molecule has 8 heteroatoms. The van der Waals surface area contributed by atoms with Crippen LogP contribution in [0.2, 0.25) is 0 Å². The van der Waals surface area contributed by atoms with E-state index in [1.165, 1.54) is 7.11 Å². The standard InChI is InChI=1S/C25H33NO7/c1-6-31-20-13-12-18(15-21(20)30-5)14-19(26-24(29)33-25(2,3)4)22(27)23(28)32-16-17-10-8-7-9-11-17/h7-13,15,19,22,27H,6,14,16H2,1-5H3,(H,26,29). The van der Waals surface area contributed by atoms with Gasteiger partial charge in [0.25, 0.3) is 0 Å². The van der Waals surface area contributed by atoms with Crippen molar-refractivity contribution in [3.05, 3.63) is 59.7 Å².